The molecule has 0 aromatic rings. The summed E-state index contributed by atoms with van der Waals surface area (Å²) in [6.07, 6.45) is 3.28. The highest BCUT2D eigenvalue weighted by Gasteiger charge is 2.29. The molecule has 4 heteroatoms. The van der Waals surface area contributed by atoms with Gasteiger partial charge in [-0.2, -0.15) is 0 Å². The highest BCUT2D eigenvalue weighted by molar-refractivity contribution is 5.75. The summed E-state index contributed by atoms with van der Waals surface area (Å²) in [4.78, 5) is 13.9. The molecule has 18 heavy (non-hydrogen) atoms. The molecule has 1 aliphatic heterocycles. The Hall–Kier alpha value is -0.610. The molecule has 1 saturated heterocycles. The van der Waals surface area contributed by atoms with Gasteiger partial charge in [0, 0.05) is 13.1 Å². The van der Waals surface area contributed by atoms with Crippen LogP contribution in [0.4, 0.5) is 0 Å². The lowest BCUT2D eigenvalue weighted by atomic mass is 9.84. The van der Waals surface area contributed by atoms with Crippen LogP contribution in [0.25, 0.3) is 0 Å². The van der Waals surface area contributed by atoms with Gasteiger partial charge < -0.3 is 15.4 Å². The van der Waals surface area contributed by atoms with Gasteiger partial charge >= 0.3 is 5.97 Å². The van der Waals surface area contributed by atoms with Crippen LogP contribution in [0.15, 0.2) is 0 Å². The van der Waals surface area contributed by atoms with E-state index < -0.39 is 6.04 Å². The molecule has 0 spiro atoms. The zero-order chi connectivity index (χ0) is 13.8. The maximum atomic E-state index is 11.4. The van der Waals surface area contributed by atoms with Gasteiger partial charge in [0.1, 0.15) is 6.04 Å². The first kappa shape index (κ1) is 15.4. The van der Waals surface area contributed by atoms with Crippen molar-refractivity contribution in [3.63, 3.8) is 0 Å². The van der Waals surface area contributed by atoms with E-state index in [2.05, 4.69) is 30.4 Å². The predicted octanol–water partition coefficient (Wildman–Crippen LogP) is 1.63. The fraction of sp³-hybridized carbons (Fsp3) is 0.929. The van der Waals surface area contributed by atoms with Crippen LogP contribution in [0.3, 0.4) is 0 Å². The number of hydrogen-bond donors (Lipinski definition) is 1. The van der Waals surface area contributed by atoms with E-state index in [9.17, 15) is 4.79 Å². The number of rotatable bonds is 5. The average Bonchev–Trinajstić information content (AvgIpc) is 2.26. The standard InChI is InChI=1S/C14H28N2O2/c1-11-6-5-7-16(9-11)10-14(2,3)8-12(15)13(17)18-4/h11-12H,5-10,15H2,1-4H3. The highest BCUT2D eigenvalue weighted by Crippen LogP contribution is 2.26. The number of carbonyl (C=O) groups is 1. The summed E-state index contributed by atoms with van der Waals surface area (Å²) in [6, 6.07) is -0.507. The van der Waals surface area contributed by atoms with Crippen LogP contribution in [0.2, 0.25) is 0 Å². The second-order valence-corrected chi connectivity index (χ2v) is 6.48. The van der Waals surface area contributed by atoms with E-state index in [1.165, 1.54) is 26.5 Å². The Labute approximate surface area is 111 Å². The van der Waals surface area contributed by atoms with Crippen molar-refractivity contribution in [2.45, 2.75) is 46.1 Å². The summed E-state index contributed by atoms with van der Waals surface area (Å²) in [6.45, 7) is 9.99. The SMILES string of the molecule is COC(=O)C(N)CC(C)(C)CN1CCCC(C)C1. The van der Waals surface area contributed by atoms with E-state index in [1.807, 2.05) is 0 Å². The minimum atomic E-state index is -0.507. The van der Waals surface area contributed by atoms with Crippen molar-refractivity contribution in [3.05, 3.63) is 0 Å². The zero-order valence-corrected chi connectivity index (χ0v) is 12.2. The summed E-state index contributed by atoms with van der Waals surface area (Å²) in [5.74, 6) is 0.471. The third kappa shape index (κ3) is 4.94. The molecule has 1 heterocycles. The van der Waals surface area contributed by atoms with Gasteiger partial charge in [-0.05, 0) is 37.1 Å². The number of nitrogens with two attached hydrogens (primary N) is 1. The van der Waals surface area contributed by atoms with Gasteiger partial charge in [0.2, 0.25) is 0 Å². The first-order valence-corrected chi connectivity index (χ1v) is 6.90. The number of ether oxygens (including phenoxy) is 1. The van der Waals surface area contributed by atoms with E-state index in [4.69, 9.17) is 5.73 Å². The van der Waals surface area contributed by atoms with E-state index in [1.54, 1.807) is 0 Å². The number of piperidine rings is 1. The molecule has 0 radical (unpaired) electrons. The van der Waals surface area contributed by atoms with Gasteiger partial charge in [-0.3, -0.25) is 4.79 Å². The molecule has 0 aliphatic carbocycles. The molecule has 2 atom stereocenters. The van der Waals surface area contributed by atoms with Crippen LogP contribution < -0.4 is 5.73 Å². The molecular formula is C14H28N2O2. The molecule has 0 bridgehead atoms. The van der Waals surface area contributed by atoms with Crippen molar-refractivity contribution in [1.82, 2.24) is 4.90 Å². The number of carbonyl (C=O) groups excluding carboxylic acids is 1. The number of hydrogen-bond acceptors (Lipinski definition) is 4. The summed E-state index contributed by atoms with van der Waals surface area (Å²) in [5, 5.41) is 0. The van der Waals surface area contributed by atoms with Crippen molar-refractivity contribution in [1.29, 1.82) is 0 Å². The Morgan fingerprint density at radius 2 is 2.22 bits per heavy atom. The van der Waals surface area contributed by atoms with E-state index >= 15 is 0 Å². The van der Waals surface area contributed by atoms with E-state index in [0.717, 1.165) is 19.0 Å². The predicted molar refractivity (Wildman–Crippen MR) is 73.2 cm³/mol. The lowest BCUT2D eigenvalue weighted by Crippen LogP contribution is -2.44. The molecule has 106 valence electrons. The van der Waals surface area contributed by atoms with Crippen LogP contribution in [0.1, 0.15) is 40.0 Å². The van der Waals surface area contributed by atoms with Crippen LogP contribution in [0.5, 0.6) is 0 Å². The summed E-state index contributed by atoms with van der Waals surface area (Å²) >= 11 is 0. The van der Waals surface area contributed by atoms with Gasteiger partial charge in [-0.1, -0.05) is 20.8 Å². The molecule has 1 aliphatic rings. The molecule has 2 N–H and O–H groups in total. The van der Waals surface area contributed by atoms with E-state index in [0.29, 0.717) is 6.42 Å². The second kappa shape index (κ2) is 6.53. The molecule has 1 rings (SSSR count). The molecule has 2 unspecified atom stereocenters. The highest BCUT2D eigenvalue weighted by atomic mass is 16.5. The van der Waals surface area contributed by atoms with Crippen LogP contribution in [-0.2, 0) is 9.53 Å². The maximum Gasteiger partial charge on any atom is 0.322 e. The van der Waals surface area contributed by atoms with Crippen molar-refractivity contribution in [3.8, 4) is 0 Å². The Morgan fingerprint density at radius 3 is 2.78 bits per heavy atom. The van der Waals surface area contributed by atoms with Crippen LogP contribution in [-0.4, -0.2) is 43.7 Å². The van der Waals surface area contributed by atoms with Gasteiger partial charge in [0.05, 0.1) is 7.11 Å². The molecule has 0 amide bonds. The van der Waals surface area contributed by atoms with Crippen molar-refractivity contribution in [2.75, 3.05) is 26.7 Å². The number of likely N-dealkylation sites (tertiary alicyclic amines) is 1. The monoisotopic (exact) mass is 256 g/mol. The van der Waals surface area contributed by atoms with Crippen LogP contribution >= 0.6 is 0 Å². The smallest absolute Gasteiger partial charge is 0.322 e. The zero-order valence-electron chi connectivity index (χ0n) is 12.2. The number of methoxy groups -OCH3 is 1. The largest absolute Gasteiger partial charge is 0.468 e. The average molecular weight is 256 g/mol. The Kier molecular flexibility index (Phi) is 5.60. The first-order chi connectivity index (χ1) is 8.34. The topological polar surface area (TPSA) is 55.6 Å². The third-order valence-corrected chi connectivity index (χ3v) is 3.67. The van der Waals surface area contributed by atoms with Crippen LogP contribution in [0, 0.1) is 11.3 Å². The Morgan fingerprint density at radius 1 is 1.56 bits per heavy atom. The summed E-state index contributed by atoms with van der Waals surface area (Å²) in [5.41, 5.74) is 5.90. The van der Waals surface area contributed by atoms with Crippen molar-refractivity contribution < 1.29 is 9.53 Å². The van der Waals surface area contributed by atoms with Gasteiger partial charge in [0.25, 0.3) is 0 Å². The lowest BCUT2D eigenvalue weighted by molar-refractivity contribution is -0.143. The molecule has 4 nitrogen and oxygen atoms in total. The fourth-order valence-corrected chi connectivity index (χ4v) is 2.93. The number of esters is 1. The van der Waals surface area contributed by atoms with Crippen molar-refractivity contribution in [2.24, 2.45) is 17.1 Å². The summed E-state index contributed by atoms with van der Waals surface area (Å²) in [7, 11) is 1.39. The van der Waals surface area contributed by atoms with Gasteiger partial charge in [-0.25, -0.2) is 0 Å². The number of nitrogens with zero attached hydrogens (tertiary/aromatic N) is 1. The normalized spacial score (nSPS) is 23.7. The second-order valence-electron chi connectivity index (χ2n) is 6.48. The Bertz CT molecular complexity index is 279. The molecule has 0 aromatic carbocycles. The first-order valence-electron chi connectivity index (χ1n) is 6.90. The summed E-state index contributed by atoms with van der Waals surface area (Å²) < 4.78 is 4.69. The third-order valence-electron chi connectivity index (χ3n) is 3.67. The Balaban J connectivity index is 2.45. The molecular weight excluding hydrogens is 228 g/mol. The van der Waals surface area contributed by atoms with Gasteiger partial charge in [0.15, 0.2) is 0 Å². The lowest BCUT2D eigenvalue weighted by Gasteiger charge is -2.37. The fourth-order valence-electron chi connectivity index (χ4n) is 2.93. The van der Waals surface area contributed by atoms with Crippen molar-refractivity contribution >= 4 is 5.97 Å². The maximum absolute atomic E-state index is 11.4. The molecule has 0 aromatic heterocycles. The minimum Gasteiger partial charge on any atom is -0.468 e. The molecule has 1 fully saturated rings. The van der Waals surface area contributed by atoms with E-state index in [-0.39, 0.29) is 11.4 Å². The minimum absolute atomic E-state index is 0.0463. The van der Waals surface area contributed by atoms with Gasteiger partial charge in [-0.15, -0.1) is 0 Å². The quantitative estimate of drug-likeness (QED) is 0.760. The molecule has 0 saturated carbocycles.